The summed E-state index contributed by atoms with van der Waals surface area (Å²) in [6, 6.07) is 6.78. The molecule has 10 heteroatoms. The molecule has 1 N–H and O–H groups in total. The molecule has 0 radical (unpaired) electrons. The summed E-state index contributed by atoms with van der Waals surface area (Å²) in [6.45, 7) is 0. The lowest BCUT2D eigenvalue weighted by molar-refractivity contribution is -0.137. The van der Waals surface area contributed by atoms with Gasteiger partial charge in [-0.25, -0.2) is 9.69 Å². The Bertz CT molecular complexity index is 1030. The summed E-state index contributed by atoms with van der Waals surface area (Å²) in [5, 5.41) is 2.39. The van der Waals surface area contributed by atoms with Gasteiger partial charge in [0.15, 0.2) is 0 Å². The quantitative estimate of drug-likeness (QED) is 0.557. The Morgan fingerprint density at radius 3 is 2.36 bits per heavy atom. The number of carbonyl (C=O) groups is 3. The molecule has 2 aromatic carbocycles. The van der Waals surface area contributed by atoms with Crippen LogP contribution in [-0.4, -0.2) is 17.8 Å². The maximum atomic E-state index is 12.9. The van der Waals surface area contributed by atoms with Gasteiger partial charge < -0.3 is 0 Å². The van der Waals surface area contributed by atoms with Gasteiger partial charge in [0.05, 0.1) is 11.3 Å². The Hall–Kier alpha value is -2.84. The predicted molar refractivity (Wildman–Crippen MR) is 96.9 cm³/mol. The molecule has 144 valence electrons. The number of hydrogen-bond donors (Lipinski definition) is 1. The van der Waals surface area contributed by atoms with E-state index in [0.29, 0.717) is 16.0 Å². The first kappa shape index (κ1) is 19.9. The Kier molecular flexibility index (Phi) is 5.18. The summed E-state index contributed by atoms with van der Waals surface area (Å²) in [7, 11) is 0. The molecule has 0 bridgehead atoms. The van der Waals surface area contributed by atoms with E-state index in [1.165, 1.54) is 18.2 Å². The Morgan fingerprint density at radius 2 is 1.71 bits per heavy atom. The van der Waals surface area contributed by atoms with Crippen LogP contribution in [0.2, 0.25) is 10.0 Å². The number of halogens is 5. The van der Waals surface area contributed by atoms with Crippen LogP contribution in [0.4, 0.5) is 23.7 Å². The maximum absolute atomic E-state index is 12.9. The molecule has 5 nitrogen and oxygen atoms in total. The zero-order chi connectivity index (χ0) is 20.6. The number of hydrogen-bond acceptors (Lipinski definition) is 3. The third-order valence-corrected chi connectivity index (χ3v) is 4.36. The van der Waals surface area contributed by atoms with Gasteiger partial charge in [0.25, 0.3) is 11.8 Å². The smallest absolute Gasteiger partial charge is 0.273 e. The van der Waals surface area contributed by atoms with Gasteiger partial charge in [-0.2, -0.15) is 13.2 Å². The largest absolute Gasteiger partial charge is 0.416 e. The molecule has 1 fully saturated rings. The lowest BCUT2D eigenvalue weighted by atomic mass is 10.1. The average molecular weight is 429 g/mol. The highest BCUT2D eigenvalue weighted by Gasteiger charge is 2.38. The van der Waals surface area contributed by atoms with Crippen molar-refractivity contribution in [2.45, 2.75) is 6.18 Å². The summed E-state index contributed by atoms with van der Waals surface area (Å²) >= 11 is 11.8. The van der Waals surface area contributed by atoms with Crippen molar-refractivity contribution >= 4 is 52.8 Å². The number of urea groups is 1. The zero-order valence-electron chi connectivity index (χ0n) is 13.7. The lowest BCUT2D eigenvalue weighted by Crippen LogP contribution is -2.54. The molecule has 1 heterocycles. The number of nitrogens with zero attached hydrogens (tertiary/aromatic N) is 1. The second kappa shape index (κ2) is 7.29. The van der Waals surface area contributed by atoms with E-state index in [1.807, 2.05) is 5.32 Å². The number of anilines is 1. The predicted octanol–water partition coefficient (Wildman–Crippen LogP) is 4.68. The second-order valence-electron chi connectivity index (χ2n) is 5.67. The number of benzene rings is 2. The molecule has 28 heavy (non-hydrogen) atoms. The van der Waals surface area contributed by atoms with Crippen LogP contribution < -0.4 is 10.2 Å². The molecule has 4 amide bonds. The van der Waals surface area contributed by atoms with Crippen LogP contribution >= 0.6 is 23.2 Å². The number of rotatable bonds is 2. The van der Waals surface area contributed by atoms with E-state index in [2.05, 4.69) is 0 Å². The van der Waals surface area contributed by atoms with Crippen LogP contribution in [0, 0.1) is 0 Å². The molecule has 0 aliphatic carbocycles. The van der Waals surface area contributed by atoms with Gasteiger partial charge in [-0.1, -0.05) is 35.3 Å². The first-order valence-corrected chi connectivity index (χ1v) is 8.37. The van der Waals surface area contributed by atoms with E-state index in [9.17, 15) is 27.6 Å². The first-order chi connectivity index (χ1) is 13.1. The molecule has 0 aromatic heterocycles. The monoisotopic (exact) mass is 428 g/mol. The minimum atomic E-state index is -4.67. The first-order valence-electron chi connectivity index (χ1n) is 7.61. The van der Waals surface area contributed by atoms with E-state index < -0.39 is 35.2 Å². The normalized spacial score (nSPS) is 16.5. The van der Waals surface area contributed by atoms with Gasteiger partial charge in [0, 0.05) is 10.0 Å². The fraction of sp³-hybridized carbons (Fsp3) is 0.0556. The maximum Gasteiger partial charge on any atom is 0.416 e. The number of barbiturate groups is 1. The molecule has 3 rings (SSSR count). The van der Waals surface area contributed by atoms with Crippen molar-refractivity contribution in [1.82, 2.24) is 5.32 Å². The summed E-state index contributed by atoms with van der Waals surface area (Å²) in [5.74, 6) is -2.08. The highest BCUT2D eigenvalue weighted by Crippen LogP contribution is 2.33. The number of imide groups is 2. The highest BCUT2D eigenvalue weighted by atomic mass is 35.5. The third kappa shape index (κ3) is 3.88. The van der Waals surface area contributed by atoms with E-state index >= 15 is 0 Å². The molecule has 0 spiro atoms. The fourth-order valence-electron chi connectivity index (χ4n) is 2.49. The second-order valence-corrected chi connectivity index (χ2v) is 6.52. The minimum absolute atomic E-state index is 0.142. The van der Waals surface area contributed by atoms with Gasteiger partial charge in [-0.05, 0) is 42.0 Å². The number of alkyl halides is 3. The van der Waals surface area contributed by atoms with Crippen molar-refractivity contribution in [2.24, 2.45) is 0 Å². The third-order valence-electron chi connectivity index (χ3n) is 3.80. The molecule has 0 saturated carbocycles. The topological polar surface area (TPSA) is 66.5 Å². The lowest BCUT2D eigenvalue weighted by Gasteiger charge is -2.27. The Balaban J connectivity index is 2.05. The van der Waals surface area contributed by atoms with Crippen molar-refractivity contribution < 1.29 is 27.6 Å². The van der Waals surface area contributed by atoms with Crippen LogP contribution in [0.25, 0.3) is 6.08 Å². The summed E-state index contributed by atoms with van der Waals surface area (Å²) < 4.78 is 38.8. The van der Waals surface area contributed by atoms with E-state index in [1.54, 1.807) is 0 Å². The van der Waals surface area contributed by atoms with Gasteiger partial charge in [-0.3, -0.25) is 14.9 Å². The van der Waals surface area contributed by atoms with Crippen molar-refractivity contribution in [1.29, 1.82) is 0 Å². The number of nitrogens with one attached hydrogen (secondary N) is 1. The highest BCUT2D eigenvalue weighted by molar-refractivity contribution is 6.40. The van der Waals surface area contributed by atoms with Crippen molar-refractivity contribution in [3.05, 3.63) is 69.2 Å². The Morgan fingerprint density at radius 1 is 1.00 bits per heavy atom. The van der Waals surface area contributed by atoms with Gasteiger partial charge in [-0.15, -0.1) is 0 Å². The van der Waals surface area contributed by atoms with E-state index in [-0.39, 0.29) is 16.3 Å². The van der Waals surface area contributed by atoms with Crippen molar-refractivity contribution in [3.8, 4) is 0 Å². The molecule has 0 atom stereocenters. The van der Waals surface area contributed by atoms with Crippen LogP contribution in [0.15, 0.2) is 48.0 Å². The number of carbonyl (C=O) groups excluding carboxylic acids is 3. The minimum Gasteiger partial charge on any atom is -0.273 e. The summed E-state index contributed by atoms with van der Waals surface area (Å²) in [4.78, 5) is 37.4. The summed E-state index contributed by atoms with van der Waals surface area (Å²) in [5.41, 5.74) is -1.59. The molecular formula is C18H9Cl2F3N2O3. The molecule has 0 unspecified atom stereocenters. The standard InChI is InChI=1S/C18H9Cl2F3N2O3/c19-11-5-4-9(14(20)8-11)6-13-15(26)24-17(28)25(16(13)27)12-3-1-2-10(7-12)18(21,22)23/h1-8H,(H,24,26,28)/b13-6+. The van der Waals surface area contributed by atoms with Crippen LogP contribution in [0.5, 0.6) is 0 Å². The number of amides is 4. The molecule has 1 saturated heterocycles. The summed E-state index contributed by atoms with van der Waals surface area (Å²) in [6.07, 6.45) is -3.54. The molecule has 1 aliphatic heterocycles. The SMILES string of the molecule is O=C1NC(=O)N(c2cccc(C(F)(F)F)c2)C(=O)/C1=C/c1ccc(Cl)cc1Cl. The van der Waals surface area contributed by atoms with Gasteiger partial charge in [0.1, 0.15) is 5.57 Å². The van der Waals surface area contributed by atoms with Crippen LogP contribution in [-0.2, 0) is 15.8 Å². The van der Waals surface area contributed by atoms with Crippen molar-refractivity contribution in [3.63, 3.8) is 0 Å². The van der Waals surface area contributed by atoms with Crippen LogP contribution in [0.3, 0.4) is 0 Å². The van der Waals surface area contributed by atoms with Gasteiger partial charge in [0.2, 0.25) is 0 Å². The molecular weight excluding hydrogens is 420 g/mol. The molecule has 1 aliphatic rings. The van der Waals surface area contributed by atoms with Crippen molar-refractivity contribution in [2.75, 3.05) is 4.90 Å². The molecule has 2 aromatic rings. The fourth-order valence-corrected chi connectivity index (χ4v) is 2.95. The van der Waals surface area contributed by atoms with E-state index in [0.717, 1.165) is 24.3 Å². The zero-order valence-corrected chi connectivity index (χ0v) is 15.2. The Labute approximate surface area is 166 Å². The average Bonchev–Trinajstić information content (AvgIpc) is 2.59. The van der Waals surface area contributed by atoms with Crippen LogP contribution in [0.1, 0.15) is 11.1 Å². The van der Waals surface area contributed by atoms with E-state index in [4.69, 9.17) is 23.2 Å². The van der Waals surface area contributed by atoms with Gasteiger partial charge >= 0.3 is 12.2 Å².